The Morgan fingerprint density at radius 2 is 2.04 bits per heavy atom. The summed E-state index contributed by atoms with van der Waals surface area (Å²) in [5.74, 6) is -1.23. The summed E-state index contributed by atoms with van der Waals surface area (Å²) in [4.78, 5) is 52.1. The molecule has 0 radical (unpaired) electrons. The molecule has 1 amide bonds. The summed E-state index contributed by atoms with van der Waals surface area (Å²) in [5, 5.41) is 0. The first-order valence-corrected chi connectivity index (χ1v) is 12.4. The van der Waals surface area contributed by atoms with E-state index in [0.29, 0.717) is 0 Å². The lowest BCUT2D eigenvalue weighted by Gasteiger charge is -2.28. The average molecular weight is 463 g/mol. The minimum absolute atomic E-state index is 0.479. The molecule has 2 aliphatic rings. The van der Waals surface area contributed by atoms with E-state index in [1.807, 2.05) is 0 Å². The van der Waals surface area contributed by atoms with Crippen LogP contribution >= 0.6 is 14.3 Å². The van der Waals surface area contributed by atoms with Gasteiger partial charge in [0.2, 0.25) is 5.91 Å². The van der Waals surface area contributed by atoms with E-state index >= 15 is 4.39 Å². The van der Waals surface area contributed by atoms with Crippen LogP contribution in [0.15, 0.2) is 12.3 Å². The van der Waals surface area contributed by atoms with Gasteiger partial charge in [0.25, 0.3) is 0 Å². The van der Waals surface area contributed by atoms with E-state index in [9.17, 15) is 19.0 Å². The predicted molar refractivity (Wildman–Crippen MR) is 94.8 cm³/mol. The zero-order chi connectivity index (χ0) is 21.3. The van der Waals surface area contributed by atoms with Crippen LogP contribution in [0.3, 0.4) is 0 Å². The van der Waals surface area contributed by atoms with Crippen molar-refractivity contribution in [3.63, 3.8) is 0 Å². The second-order valence-electron chi connectivity index (χ2n) is 6.25. The van der Waals surface area contributed by atoms with Crippen LogP contribution in [-0.4, -0.2) is 68.5 Å². The number of alkyl halides is 1. The van der Waals surface area contributed by atoms with Crippen molar-refractivity contribution in [3.8, 4) is 0 Å². The van der Waals surface area contributed by atoms with Crippen LogP contribution in [0.1, 0.15) is 20.3 Å². The molecule has 3 N–H and O–H groups in total. The van der Waals surface area contributed by atoms with E-state index in [1.165, 1.54) is 0 Å². The largest absolute Gasteiger partial charge is 0.351 e. The molecule has 2 heterocycles. The Morgan fingerprint density at radius 3 is 2.57 bits per heavy atom. The lowest BCUT2D eigenvalue weighted by molar-refractivity contribution is -0.179. The number of hydrogen-bond acceptors (Lipinski definition) is 8. The fourth-order valence-electron chi connectivity index (χ4n) is 2.45. The van der Waals surface area contributed by atoms with E-state index < -0.39 is 69.7 Å². The van der Waals surface area contributed by atoms with Gasteiger partial charge < -0.3 is 28.7 Å². The molecule has 0 saturated carbocycles. The van der Waals surface area contributed by atoms with Gasteiger partial charge in [-0.1, -0.05) is 0 Å². The standard InChI is InChI=1S/C13H20FNO10P2S/c1-7(2)24-27(21,28)25-11-10(14)12(15-4-3-8(16)5-9(15)17)23-13(11)22-6-26(18,19)20/h3-4,7,10-13H,5-6H2,1-2H3,(H,21,28)(H2,18,19,20)/t10-,11+,12-,13+,27?/m1/s1. The summed E-state index contributed by atoms with van der Waals surface area (Å²) in [5.41, 5.74) is 0. The van der Waals surface area contributed by atoms with Crippen LogP contribution in [0, 0.1) is 0 Å². The van der Waals surface area contributed by atoms with Crippen molar-refractivity contribution in [3.05, 3.63) is 12.3 Å². The molecule has 1 unspecified atom stereocenters. The van der Waals surface area contributed by atoms with E-state index in [4.69, 9.17) is 40.1 Å². The molecule has 1 fully saturated rings. The second-order valence-corrected chi connectivity index (χ2v) is 10.6. The lowest BCUT2D eigenvalue weighted by Crippen LogP contribution is -2.44. The van der Waals surface area contributed by atoms with Crippen LogP contribution in [0.25, 0.3) is 0 Å². The van der Waals surface area contributed by atoms with Gasteiger partial charge in [-0.3, -0.25) is 23.6 Å². The minimum Gasteiger partial charge on any atom is -0.337 e. The maximum absolute atomic E-state index is 15.0. The number of amides is 1. The molecule has 15 heteroatoms. The monoisotopic (exact) mass is 463 g/mol. The van der Waals surface area contributed by atoms with Crippen LogP contribution < -0.4 is 0 Å². The Morgan fingerprint density at radius 1 is 1.39 bits per heavy atom. The number of rotatable bonds is 8. The van der Waals surface area contributed by atoms with Crippen LogP contribution in [0.5, 0.6) is 0 Å². The summed E-state index contributed by atoms with van der Waals surface area (Å²) in [7, 11) is -4.64. The molecule has 11 nitrogen and oxygen atoms in total. The number of hydrogen-bond donors (Lipinski definition) is 3. The third-order valence-corrected chi connectivity index (χ3v) is 5.64. The van der Waals surface area contributed by atoms with Gasteiger partial charge in [0.15, 0.2) is 36.9 Å². The number of carbonyl (C=O) groups is 2. The minimum atomic E-state index is -4.64. The SMILES string of the molecule is CC(C)OP(O)(=S)O[C@@H]1[C@@H](OCP(=O)(O)O)O[C@@H](N2C=CC(=O)CC2=O)[C@@H]1F. The third-order valence-electron chi connectivity index (χ3n) is 3.44. The molecule has 0 aromatic rings. The normalized spacial score (nSPS) is 30.9. The van der Waals surface area contributed by atoms with Crippen LogP contribution in [-0.2, 0) is 44.5 Å². The van der Waals surface area contributed by atoms with Crippen molar-refractivity contribution < 1.29 is 51.7 Å². The number of carbonyl (C=O) groups excluding carboxylic acids is 2. The summed E-state index contributed by atoms with van der Waals surface area (Å²) in [6, 6.07) is 0. The molecule has 0 aromatic heterocycles. The number of allylic oxidation sites excluding steroid dienone is 1. The highest BCUT2D eigenvalue weighted by molar-refractivity contribution is 8.07. The van der Waals surface area contributed by atoms with Gasteiger partial charge in [-0.05, 0) is 31.7 Å². The fraction of sp³-hybridized carbons (Fsp3) is 0.692. The van der Waals surface area contributed by atoms with Crippen LogP contribution in [0.2, 0.25) is 0 Å². The van der Waals surface area contributed by atoms with Gasteiger partial charge >= 0.3 is 14.3 Å². The van der Waals surface area contributed by atoms with Crippen LogP contribution in [0.4, 0.5) is 4.39 Å². The Balaban J connectivity index is 2.23. The zero-order valence-corrected chi connectivity index (χ0v) is 17.4. The maximum Gasteiger partial charge on any atom is 0.351 e. The van der Waals surface area contributed by atoms with E-state index in [1.54, 1.807) is 13.8 Å². The first-order valence-electron chi connectivity index (χ1n) is 7.96. The molecule has 2 rings (SSSR count). The number of halogens is 1. The van der Waals surface area contributed by atoms with E-state index in [0.717, 1.165) is 17.2 Å². The first-order chi connectivity index (χ1) is 12.8. The van der Waals surface area contributed by atoms with Crippen molar-refractivity contribution in [1.29, 1.82) is 0 Å². The molecule has 0 aliphatic carbocycles. The summed E-state index contributed by atoms with van der Waals surface area (Å²) in [6.45, 7) is -0.859. The smallest absolute Gasteiger partial charge is 0.337 e. The van der Waals surface area contributed by atoms with Gasteiger partial charge in [-0.15, -0.1) is 0 Å². The van der Waals surface area contributed by atoms with Crippen molar-refractivity contribution in [1.82, 2.24) is 4.90 Å². The van der Waals surface area contributed by atoms with Gasteiger partial charge in [0, 0.05) is 6.20 Å². The second kappa shape index (κ2) is 9.05. The average Bonchev–Trinajstić information content (AvgIpc) is 2.79. The first kappa shape index (κ1) is 23.7. The van der Waals surface area contributed by atoms with Crippen molar-refractivity contribution >= 4 is 37.8 Å². The molecule has 0 bridgehead atoms. The van der Waals surface area contributed by atoms with E-state index in [-0.39, 0.29) is 0 Å². The van der Waals surface area contributed by atoms with Crippen molar-refractivity contribution in [2.75, 3.05) is 6.35 Å². The van der Waals surface area contributed by atoms with Gasteiger partial charge in [-0.2, -0.15) is 0 Å². The Hall–Kier alpha value is -0.590. The highest BCUT2D eigenvalue weighted by Crippen LogP contribution is 2.50. The molecule has 0 aromatic carbocycles. The summed E-state index contributed by atoms with van der Waals surface area (Å²) >= 11 is 4.81. The quantitative estimate of drug-likeness (QED) is 0.341. The maximum atomic E-state index is 15.0. The molecule has 5 atom stereocenters. The van der Waals surface area contributed by atoms with Crippen molar-refractivity contribution in [2.24, 2.45) is 0 Å². The number of ketones is 1. The highest BCUT2D eigenvalue weighted by Gasteiger charge is 2.53. The summed E-state index contributed by atoms with van der Waals surface area (Å²) < 4.78 is 46.4. The Bertz CT molecular complexity index is 743. The molecular formula is C13H20FNO10P2S. The topological polar surface area (TPSA) is 152 Å². The zero-order valence-electron chi connectivity index (χ0n) is 14.8. The molecule has 28 heavy (non-hydrogen) atoms. The molecule has 0 spiro atoms. The van der Waals surface area contributed by atoms with Gasteiger partial charge in [-0.25, -0.2) is 4.39 Å². The Labute approximate surface area is 164 Å². The Kier molecular flexibility index (Phi) is 7.65. The fourth-order valence-corrected chi connectivity index (χ4v) is 4.71. The third kappa shape index (κ3) is 6.46. The van der Waals surface area contributed by atoms with Gasteiger partial charge in [0.05, 0.1) is 12.5 Å². The molecule has 2 aliphatic heterocycles. The lowest BCUT2D eigenvalue weighted by atomic mass is 10.1. The number of ether oxygens (including phenoxy) is 2. The predicted octanol–water partition coefficient (Wildman–Crippen LogP) is 0.501. The molecule has 160 valence electrons. The van der Waals surface area contributed by atoms with Crippen molar-refractivity contribution in [2.45, 2.75) is 51.2 Å². The molecule has 1 saturated heterocycles. The number of nitrogens with zero attached hydrogens (tertiary/aromatic N) is 1. The highest BCUT2D eigenvalue weighted by atomic mass is 32.5. The van der Waals surface area contributed by atoms with E-state index in [2.05, 4.69) is 0 Å². The molecular weight excluding hydrogens is 443 g/mol. The summed E-state index contributed by atoms with van der Waals surface area (Å²) in [6.07, 6.45) is -7.33. The van der Waals surface area contributed by atoms with Gasteiger partial charge in [0.1, 0.15) is 0 Å².